The maximum Gasteiger partial charge on any atom is 0.338 e. The number of β-amino-alcohol motifs (C(OH)–C–C–N with tert-alkyl or cyclic N) is 1. The second-order valence-electron chi connectivity index (χ2n) is 3.89. The zero-order valence-corrected chi connectivity index (χ0v) is 9.05. The number of hydrogen-bond acceptors (Lipinski definition) is 4. The molecular formula is C10H17NO3. The molecular weight excluding hydrogens is 182 g/mol. The lowest BCUT2D eigenvalue weighted by atomic mass is 10.0. The maximum atomic E-state index is 11.1. The van der Waals surface area contributed by atoms with Gasteiger partial charge in [-0.1, -0.05) is 5.92 Å². The Kier molecular flexibility index (Phi) is 4.11. The van der Waals surface area contributed by atoms with Gasteiger partial charge in [0.1, 0.15) is 0 Å². The van der Waals surface area contributed by atoms with E-state index in [4.69, 9.17) is 6.42 Å². The molecule has 0 fully saturated rings. The van der Waals surface area contributed by atoms with Gasteiger partial charge >= 0.3 is 5.97 Å². The Labute approximate surface area is 84.6 Å². The van der Waals surface area contributed by atoms with Crippen LogP contribution in [0.25, 0.3) is 0 Å². The Bertz CT molecular complexity index is 251. The molecule has 0 spiro atoms. The van der Waals surface area contributed by atoms with E-state index in [-0.39, 0.29) is 6.54 Å². The Morgan fingerprint density at radius 1 is 1.57 bits per heavy atom. The third-order valence-corrected chi connectivity index (χ3v) is 1.86. The molecule has 0 aliphatic heterocycles. The molecule has 0 aromatic carbocycles. The highest BCUT2D eigenvalue weighted by Gasteiger charge is 2.32. The predicted molar refractivity (Wildman–Crippen MR) is 53.6 cm³/mol. The molecule has 1 atom stereocenters. The number of esters is 1. The van der Waals surface area contributed by atoms with E-state index in [0.717, 1.165) is 0 Å². The van der Waals surface area contributed by atoms with Crippen LogP contribution in [0.1, 0.15) is 20.8 Å². The van der Waals surface area contributed by atoms with Crippen molar-refractivity contribution < 1.29 is 14.6 Å². The van der Waals surface area contributed by atoms with E-state index in [2.05, 4.69) is 16.0 Å². The number of ether oxygens (including phenoxy) is 1. The molecule has 4 nitrogen and oxygen atoms in total. The van der Waals surface area contributed by atoms with E-state index < -0.39 is 17.1 Å². The molecule has 0 saturated carbocycles. The monoisotopic (exact) mass is 199 g/mol. The molecule has 0 aliphatic carbocycles. The summed E-state index contributed by atoms with van der Waals surface area (Å²) >= 11 is 0. The minimum atomic E-state index is -1.55. The van der Waals surface area contributed by atoms with Gasteiger partial charge in [0.15, 0.2) is 5.60 Å². The van der Waals surface area contributed by atoms with Crippen LogP contribution in [0.15, 0.2) is 0 Å². The van der Waals surface area contributed by atoms with Crippen molar-refractivity contribution in [2.75, 3.05) is 13.7 Å². The fraction of sp³-hybridized carbons (Fsp3) is 0.700. The Morgan fingerprint density at radius 2 is 2.07 bits per heavy atom. The normalized spacial score (nSPS) is 15.4. The standard InChI is InChI=1S/C10H17NO3/c1-6-9(2,3)11-7-10(4,13)8(12)14-5/h1,11,13H,7H2,2-5H3. The molecule has 0 heterocycles. The van der Waals surface area contributed by atoms with Gasteiger partial charge in [0.05, 0.1) is 12.6 Å². The number of hydrogen-bond donors (Lipinski definition) is 2. The first kappa shape index (κ1) is 12.9. The van der Waals surface area contributed by atoms with Crippen molar-refractivity contribution in [2.24, 2.45) is 0 Å². The number of terminal acetylenes is 1. The summed E-state index contributed by atoms with van der Waals surface area (Å²) in [4.78, 5) is 11.1. The van der Waals surface area contributed by atoms with Gasteiger partial charge in [0, 0.05) is 6.54 Å². The average molecular weight is 199 g/mol. The maximum absolute atomic E-state index is 11.1. The second-order valence-corrected chi connectivity index (χ2v) is 3.89. The van der Waals surface area contributed by atoms with Crippen molar-refractivity contribution in [3.05, 3.63) is 0 Å². The van der Waals surface area contributed by atoms with E-state index in [0.29, 0.717) is 0 Å². The lowest BCUT2D eigenvalue weighted by Crippen LogP contribution is -2.51. The molecule has 0 aromatic heterocycles. The average Bonchev–Trinajstić information content (AvgIpc) is 2.14. The van der Waals surface area contributed by atoms with E-state index in [9.17, 15) is 9.90 Å². The van der Waals surface area contributed by atoms with Crippen LogP contribution in [0, 0.1) is 12.3 Å². The van der Waals surface area contributed by atoms with Crippen LogP contribution in [-0.2, 0) is 9.53 Å². The fourth-order valence-corrected chi connectivity index (χ4v) is 0.736. The molecule has 14 heavy (non-hydrogen) atoms. The highest BCUT2D eigenvalue weighted by Crippen LogP contribution is 2.07. The van der Waals surface area contributed by atoms with Crippen LogP contribution < -0.4 is 5.32 Å². The van der Waals surface area contributed by atoms with E-state index in [1.54, 1.807) is 13.8 Å². The molecule has 1 unspecified atom stereocenters. The van der Waals surface area contributed by atoms with Crippen molar-refractivity contribution in [1.82, 2.24) is 5.32 Å². The van der Waals surface area contributed by atoms with Crippen LogP contribution >= 0.6 is 0 Å². The minimum Gasteiger partial charge on any atom is -0.467 e. The summed E-state index contributed by atoms with van der Waals surface area (Å²) in [5.74, 6) is 1.81. The molecule has 80 valence electrons. The SMILES string of the molecule is C#CC(C)(C)NCC(C)(O)C(=O)OC. The second kappa shape index (κ2) is 4.45. The quantitative estimate of drug-likeness (QED) is 0.491. The topological polar surface area (TPSA) is 58.6 Å². The summed E-state index contributed by atoms with van der Waals surface area (Å²) in [7, 11) is 1.23. The Morgan fingerprint density at radius 3 is 2.43 bits per heavy atom. The van der Waals surface area contributed by atoms with Crippen molar-refractivity contribution in [2.45, 2.75) is 31.9 Å². The molecule has 0 aliphatic rings. The lowest BCUT2D eigenvalue weighted by molar-refractivity contribution is -0.160. The summed E-state index contributed by atoms with van der Waals surface area (Å²) in [6.07, 6.45) is 5.23. The predicted octanol–water partition coefficient (Wildman–Crippen LogP) is -0.0882. The molecule has 0 bridgehead atoms. The van der Waals surface area contributed by atoms with Gasteiger partial charge in [0.25, 0.3) is 0 Å². The van der Waals surface area contributed by atoms with Crippen LogP contribution in [0.3, 0.4) is 0 Å². The third-order valence-electron chi connectivity index (χ3n) is 1.86. The largest absolute Gasteiger partial charge is 0.467 e. The van der Waals surface area contributed by atoms with E-state index >= 15 is 0 Å². The van der Waals surface area contributed by atoms with Crippen molar-refractivity contribution in [1.29, 1.82) is 0 Å². The summed E-state index contributed by atoms with van der Waals surface area (Å²) < 4.78 is 4.43. The smallest absolute Gasteiger partial charge is 0.338 e. The Hall–Kier alpha value is -1.05. The Balaban J connectivity index is 4.27. The molecule has 0 aromatic rings. The fourth-order valence-electron chi connectivity index (χ4n) is 0.736. The number of nitrogens with one attached hydrogen (secondary N) is 1. The summed E-state index contributed by atoms with van der Waals surface area (Å²) in [5.41, 5.74) is -2.11. The summed E-state index contributed by atoms with van der Waals surface area (Å²) in [5, 5.41) is 12.5. The van der Waals surface area contributed by atoms with Crippen LogP contribution in [0.5, 0.6) is 0 Å². The van der Waals surface area contributed by atoms with Gasteiger partial charge in [-0.15, -0.1) is 6.42 Å². The van der Waals surface area contributed by atoms with Gasteiger partial charge in [0.2, 0.25) is 0 Å². The number of carbonyl (C=O) groups is 1. The highest BCUT2D eigenvalue weighted by molar-refractivity contribution is 5.78. The van der Waals surface area contributed by atoms with E-state index in [1.165, 1.54) is 14.0 Å². The molecule has 2 N–H and O–H groups in total. The third kappa shape index (κ3) is 3.77. The number of aliphatic hydroxyl groups is 1. The number of rotatable bonds is 4. The first-order chi connectivity index (χ1) is 6.25. The number of methoxy groups -OCH3 is 1. The van der Waals surface area contributed by atoms with E-state index in [1.807, 2.05) is 0 Å². The zero-order chi connectivity index (χ0) is 11.4. The van der Waals surface area contributed by atoms with Crippen molar-refractivity contribution in [3.63, 3.8) is 0 Å². The molecule has 0 rings (SSSR count). The lowest BCUT2D eigenvalue weighted by Gasteiger charge is -2.26. The molecule has 0 amide bonds. The summed E-state index contributed by atoms with van der Waals surface area (Å²) in [6, 6.07) is 0. The zero-order valence-electron chi connectivity index (χ0n) is 9.05. The molecule has 4 heteroatoms. The van der Waals surface area contributed by atoms with Gasteiger partial charge in [-0.3, -0.25) is 5.32 Å². The van der Waals surface area contributed by atoms with Crippen molar-refractivity contribution >= 4 is 5.97 Å². The van der Waals surface area contributed by atoms with Crippen molar-refractivity contribution in [3.8, 4) is 12.3 Å². The van der Waals surface area contributed by atoms with Gasteiger partial charge in [-0.05, 0) is 20.8 Å². The minimum absolute atomic E-state index is 0.0525. The first-order valence-electron chi connectivity index (χ1n) is 4.29. The van der Waals surface area contributed by atoms with Crippen LogP contribution in [0.4, 0.5) is 0 Å². The van der Waals surface area contributed by atoms with Crippen LogP contribution in [0.2, 0.25) is 0 Å². The van der Waals surface area contributed by atoms with Gasteiger partial charge in [-0.2, -0.15) is 0 Å². The van der Waals surface area contributed by atoms with Crippen LogP contribution in [-0.4, -0.2) is 35.9 Å². The molecule has 0 radical (unpaired) electrons. The first-order valence-corrected chi connectivity index (χ1v) is 4.29. The van der Waals surface area contributed by atoms with Gasteiger partial charge in [-0.25, -0.2) is 4.79 Å². The number of carbonyl (C=O) groups excluding carboxylic acids is 1. The molecule has 0 saturated heterocycles. The van der Waals surface area contributed by atoms with Gasteiger partial charge < -0.3 is 9.84 Å². The summed E-state index contributed by atoms with van der Waals surface area (Å²) in [6.45, 7) is 4.98. The highest BCUT2D eigenvalue weighted by atomic mass is 16.5.